The summed E-state index contributed by atoms with van der Waals surface area (Å²) < 4.78 is 0. The number of aryl methyl sites for hydroxylation is 1. The van der Waals surface area contributed by atoms with E-state index in [9.17, 15) is 0 Å². The van der Waals surface area contributed by atoms with E-state index in [1.807, 2.05) is 11.8 Å². The molecule has 0 aromatic heterocycles. The zero-order valence-corrected chi connectivity index (χ0v) is 11.7. The molecule has 2 heterocycles. The molecule has 0 saturated carbocycles. The first kappa shape index (κ1) is 12.5. The van der Waals surface area contributed by atoms with Crippen LogP contribution in [0.2, 0.25) is 0 Å². The summed E-state index contributed by atoms with van der Waals surface area (Å²) in [4.78, 5) is 1.50. The third-order valence-electron chi connectivity index (χ3n) is 3.90. The van der Waals surface area contributed by atoms with Gasteiger partial charge in [0, 0.05) is 11.4 Å². The zero-order valence-electron chi connectivity index (χ0n) is 10.9. The number of rotatable bonds is 4. The Kier molecular flexibility index (Phi) is 4.24. The molecule has 2 aliphatic heterocycles. The van der Waals surface area contributed by atoms with E-state index < -0.39 is 0 Å². The van der Waals surface area contributed by atoms with Crippen molar-refractivity contribution in [3.63, 3.8) is 0 Å². The molecular weight excluding hydrogens is 240 g/mol. The van der Waals surface area contributed by atoms with Crippen LogP contribution in [0.1, 0.15) is 24.0 Å². The number of nitrogens with one attached hydrogen (secondary N) is 2. The Labute approximate surface area is 114 Å². The van der Waals surface area contributed by atoms with Gasteiger partial charge in [-0.15, -0.1) is 11.8 Å². The maximum absolute atomic E-state index is 3.60. The molecule has 1 aromatic rings. The number of fused-ring (bicyclic) bond motifs is 1. The predicted octanol–water partition coefficient (Wildman–Crippen LogP) is 2.42. The highest BCUT2D eigenvalue weighted by atomic mass is 32.2. The maximum Gasteiger partial charge on any atom is 0.0205 e. The Morgan fingerprint density at radius 2 is 2.39 bits per heavy atom. The second kappa shape index (κ2) is 6.09. The van der Waals surface area contributed by atoms with E-state index >= 15 is 0 Å². The van der Waals surface area contributed by atoms with Gasteiger partial charge < -0.3 is 10.6 Å². The van der Waals surface area contributed by atoms with Crippen LogP contribution < -0.4 is 10.6 Å². The highest BCUT2D eigenvalue weighted by Gasteiger charge is 2.14. The van der Waals surface area contributed by atoms with Gasteiger partial charge in [0.05, 0.1) is 0 Å². The summed E-state index contributed by atoms with van der Waals surface area (Å²) in [6.07, 6.45) is 3.93. The van der Waals surface area contributed by atoms with Crippen molar-refractivity contribution in [2.75, 3.05) is 25.4 Å². The first-order valence-corrected chi connectivity index (χ1v) is 8.06. The van der Waals surface area contributed by atoms with Crippen molar-refractivity contribution >= 4 is 11.8 Å². The lowest BCUT2D eigenvalue weighted by atomic mass is 10.1. The average molecular weight is 262 g/mol. The van der Waals surface area contributed by atoms with Gasteiger partial charge in [-0.1, -0.05) is 12.1 Å². The number of thioether (sulfide) groups is 1. The third-order valence-corrected chi connectivity index (χ3v) is 5.10. The Balaban J connectivity index is 1.52. The summed E-state index contributed by atoms with van der Waals surface area (Å²) in [6.45, 7) is 4.56. The van der Waals surface area contributed by atoms with Gasteiger partial charge in [0.2, 0.25) is 0 Å². The van der Waals surface area contributed by atoms with Crippen LogP contribution in [-0.4, -0.2) is 25.4 Å². The lowest BCUT2D eigenvalue weighted by Crippen LogP contribution is -2.24. The smallest absolute Gasteiger partial charge is 0.0205 e. The molecule has 98 valence electrons. The summed E-state index contributed by atoms with van der Waals surface area (Å²) in [5.41, 5.74) is 3.01. The molecule has 0 bridgehead atoms. The molecule has 2 nitrogen and oxygen atoms in total. The molecule has 1 unspecified atom stereocenters. The van der Waals surface area contributed by atoms with Crippen molar-refractivity contribution in [2.24, 2.45) is 5.92 Å². The van der Waals surface area contributed by atoms with Crippen LogP contribution in [0.15, 0.2) is 23.1 Å². The van der Waals surface area contributed by atoms with Gasteiger partial charge in [-0.2, -0.15) is 0 Å². The second-order valence-electron chi connectivity index (χ2n) is 5.38. The first-order valence-electron chi connectivity index (χ1n) is 7.08. The van der Waals surface area contributed by atoms with Gasteiger partial charge in [-0.05, 0) is 67.8 Å². The fraction of sp³-hybridized carbons (Fsp3) is 0.600. The molecule has 0 amide bonds. The largest absolute Gasteiger partial charge is 0.316 e. The van der Waals surface area contributed by atoms with Crippen LogP contribution in [0.3, 0.4) is 0 Å². The summed E-state index contributed by atoms with van der Waals surface area (Å²) in [5, 5.41) is 7.02. The van der Waals surface area contributed by atoms with Gasteiger partial charge in [0.1, 0.15) is 0 Å². The Morgan fingerprint density at radius 1 is 1.39 bits per heavy atom. The SMILES string of the molecule is c1cc2c(cc1CNCC1CCNC1)CCCS2. The molecule has 0 spiro atoms. The minimum atomic E-state index is 0.832. The number of benzene rings is 1. The lowest BCUT2D eigenvalue weighted by Gasteiger charge is -2.16. The van der Waals surface area contributed by atoms with Crippen LogP contribution in [0.5, 0.6) is 0 Å². The maximum atomic E-state index is 3.60. The van der Waals surface area contributed by atoms with Gasteiger partial charge in [-0.3, -0.25) is 0 Å². The van der Waals surface area contributed by atoms with Crippen LogP contribution in [-0.2, 0) is 13.0 Å². The summed E-state index contributed by atoms with van der Waals surface area (Å²) in [5.74, 6) is 2.12. The van der Waals surface area contributed by atoms with Crippen LogP contribution >= 0.6 is 11.8 Å². The van der Waals surface area contributed by atoms with Crippen molar-refractivity contribution < 1.29 is 0 Å². The van der Waals surface area contributed by atoms with E-state index in [4.69, 9.17) is 0 Å². The topological polar surface area (TPSA) is 24.1 Å². The van der Waals surface area contributed by atoms with E-state index in [2.05, 4.69) is 28.8 Å². The molecule has 18 heavy (non-hydrogen) atoms. The van der Waals surface area contributed by atoms with Gasteiger partial charge >= 0.3 is 0 Å². The van der Waals surface area contributed by atoms with E-state index in [-0.39, 0.29) is 0 Å². The second-order valence-corrected chi connectivity index (χ2v) is 6.52. The van der Waals surface area contributed by atoms with Gasteiger partial charge in [-0.25, -0.2) is 0 Å². The molecule has 2 aliphatic rings. The molecule has 1 atom stereocenters. The van der Waals surface area contributed by atoms with Gasteiger partial charge in [0.15, 0.2) is 0 Å². The van der Waals surface area contributed by atoms with Crippen molar-refractivity contribution in [1.29, 1.82) is 0 Å². The Hall–Kier alpha value is -0.510. The average Bonchev–Trinajstić information content (AvgIpc) is 2.92. The number of hydrogen-bond acceptors (Lipinski definition) is 3. The predicted molar refractivity (Wildman–Crippen MR) is 78.2 cm³/mol. The standard InChI is InChI=1S/C15H22N2S/c1-2-14-8-12(3-4-15(14)18-7-1)9-17-11-13-5-6-16-10-13/h3-4,8,13,16-17H,1-2,5-7,9-11H2. The Bertz CT molecular complexity index is 399. The normalized spacial score (nSPS) is 23.0. The summed E-state index contributed by atoms with van der Waals surface area (Å²) >= 11 is 2.01. The minimum absolute atomic E-state index is 0.832. The van der Waals surface area contributed by atoms with Crippen molar-refractivity contribution in [2.45, 2.75) is 30.7 Å². The fourth-order valence-electron chi connectivity index (χ4n) is 2.83. The quantitative estimate of drug-likeness (QED) is 0.871. The minimum Gasteiger partial charge on any atom is -0.316 e. The molecule has 3 heteroatoms. The fourth-order valence-corrected chi connectivity index (χ4v) is 3.85. The van der Waals surface area contributed by atoms with E-state index in [1.165, 1.54) is 48.6 Å². The first-order chi connectivity index (χ1) is 8.92. The van der Waals surface area contributed by atoms with Gasteiger partial charge in [0.25, 0.3) is 0 Å². The molecule has 1 fully saturated rings. The van der Waals surface area contributed by atoms with E-state index in [0.29, 0.717) is 0 Å². The molecule has 1 aromatic carbocycles. The monoisotopic (exact) mass is 262 g/mol. The molecule has 0 radical (unpaired) electrons. The molecule has 0 aliphatic carbocycles. The highest BCUT2D eigenvalue weighted by Crippen LogP contribution is 2.30. The van der Waals surface area contributed by atoms with Crippen molar-refractivity contribution in [1.82, 2.24) is 10.6 Å². The van der Waals surface area contributed by atoms with E-state index in [0.717, 1.165) is 19.0 Å². The van der Waals surface area contributed by atoms with Crippen LogP contribution in [0, 0.1) is 5.92 Å². The van der Waals surface area contributed by atoms with Crippen molar-refractivity contribution in [3.8, 4) is 0 Å². The van der Waals surface area contributed by atoms with E-state index in [1.54, 1.807) is 5.56 Å². The molecule has 2 N–H and O–H groups in total. The number of hydrogen-bond donors (Lipinski definition) is 2. The van der Waals surface area contributed by atoms with Crippen LogP contribution in [0.4, 0.5) is 0 Å². The van der Waals surface area contributed by atoms with Crippen LogP contribution in [0.25, 0.3) is 0 Å². The lowest BCUT2D eigenvalue weighted by molar-refractivity contribution is 0.512. The molecule has 1 saturated heterocycles. The molecular formula is C15H22N2S. The summed E-state index contributed by atoms with van der Waals surface area (Å²) in [7, 11) is 0. The third kappa shape index (κ3) is 3.08. The summed E-state index contributed by atoms with van der Waals surface area (Å²) in [6, 6.07) is 7.01. The van der Waals surface area contributed by atoms with Crippen molar-refractivity contribution in [3.05, 3.63) is 29.3 Å². The molecule has 3 rings (SSSR count). The Morgan fingerprint density at radius 3 is 3.28 bits per heavy atom. The zero-order chi connectivity index (χ0) is 12.2. The highest BCUT2D eigenvalue weighted by molar-refractivity contribution is 7.99.